The van der Waals surface area contributed by atoms with Crippen LogP contribution in [0, 0.1) is 0 Å². The van der Waals surface area contributed by atoms with Crippen LogP contribution < -0.4 is 5.32 Å². The van der Waals surface area contributed by atoms with Gasteiger partial charge in [-0.1, -0.05) is 6.07 Å². The Balaban J connectivity index is 0.00000120. The zero-order valence-corrected chi connectivity index (χ0v) is 10.9. The van der Waals surface area contributed by atoms with Crippen LogP contribution in [0.1, 0.15) is 5.56 Å². The van der Waals surface area contributed by atoms with E-state index in [1.54, 1.807) is 12.4 Å². The predicted octanol–water partition coefficient (Wildman–Crippen LogP) is 0.788. The molecular formula is C13H16ClN3O. The Kier molecular flexibility index (Phi) is 3.99. The predicted molar refractivity (Wildman–Crippen MR) is 71.7 cm³/mol. The van der Waals surface area contributed by atoms with Crippen molar-refractivity contribution in [1.82, 2.24) is 15.2 Å². The molecule has 1 aromatic heterocycles. The van der Waals surface area contributed by atoms with Gasteiger partial charge in [-0.05, 0) is 22.8 Å². The van der Waals surface area contributed by atoms with E-state index in [9.17, 15) is 4.79 Å². The lowest BCUT2D eigenvalue weighted by molar-refractivity contribution is -0.129. The fourth-order valence-corrected chi connectivity index (χ4v) is 2.43. The zero-order chi connectivity index (χ0) is 11.7. The van der Waals surface area contributed by atoms with Gasteiger partial charge in [-0.2, -0.15) is 0 Å². The van der Waals surface area contributed by atoms with Gasteiger partial charge in [-0.15, -0.1) is 12.4 Å². The van der Waals surface area contributed by atoms with E-state index in [4.69, 9.17) is 0 Å². The van der Waals surface area contributed by atoms with Crippen molar-refractivity contribution >= 4 is 18.3 Å². The van der Waals surface area contributed by atoms with E-state index >= 15 is 0 Å². The number of hydrogen-bond donors (Lipinski definition) is 1. The number of amides is 1. The number of carbonyl (C=O) groups excluding carboxylic acids is 1. The fraction of sp³-hybridized carbons (Fsp3) is 0.385. The van der Waals surface area contributed by atoms with Crippen molar-refractivity contribution in [2.45, 2.75) is 6.42 Å². The molecule has 0 saturated heterocycles. The number of hydrogen-bond acceptors (Lipinski definition) is 3. The molecule has 1 amide bonds. The largest absolute Gasteiger partial charge is 0.334 e. The summed E-state index contributed by atoms with van der Waals surface area (Å²) in [5, 5.41) is 3.31. The lowest BCUT2D eigenvalue weighted by Gasteiger charge is -2.18. The Bertz CT molecular complexity index is 456. The summed E-state index contributed by atoms with van der Waals surface area (Å²) in [6, 6.07) is 3.82. The molecule has 0 fully saturated rings. The first-order valence-electron chi connectivity index (χ1n) is 5.90. The Labute approximate surface area is 112 Å². The molecule has 0 aliphatic carbocycles. The van der Waals surface area contributed by atoms with E-state index in [2.05, 4.69) is 10.3 Å². The second-order valence-electron chi connectivity index (χ2n) is 4.60. The monoisotopic (exact) mass is 265 g/mol. The Morgan fingerprint density at radius 2 is 2.06 bits per heavy atom. The average Bonchev–Trinajstić information content (AvgIpc) is 2.90. The van der Waals surface area contributed by atoms with E-state index in [-0.39, 0.29) is 18.3 Å². The summed E-state index contributed by atoms with van der Waals surface area (Å²) in [6.45, 7) is 3.51. The molecule has 0 aromatic carbocycles. The molecule has 96 valence electrons. The van der Waals surface area contributed by atoms with Gasteiger partial charge in [0.25, 0.3) is 0 Å². The van der Waals surface area contributed by atoms with Gasteiger partial charge >= 0.3 is 0 Å². The summed E-state index contributed by atoms with van der Waals surface area (Å²) >= 11 is 0. The molecular weight excluding hydrogens is 250 g/mol. The molecule has 3 heterocycles. The lowest BCUT2D eigenvalue weighted by Crippen LogP contribution is -2.33. The standard InChI is InChI=1S/C13H15N3O.ClH/c17-13(4-10-2-1-3-14-5-10)16-8-11-6-15-7-12(11)9-16;/h1-3,5,15H,4,6-9H2;1H. The molecule has 1 N–H and O–H groups in total. The van der Waals surface area contributed by atoms with Gasteiger partial charge in [-0.3, -0.25) is 9.78 Å². The summed E-state index contributed by atoms with van der Waals surface area (Å²) in [6.07, 6.45) is 3.95. The van der Waals surface area contributed by atoms with Gasteiger partial charge < -0.3 is 10.2 Å². The number of carbonyl (C=O) groups is 1. The minimum Gasteiger partial charge on any atom is -0.334 e. The van der Waals surface area contributed by atoms with Crippen molar-refractivity contribution < 1.29 is 4.79 Å². The maximum Gasteiger partial charge on any atom is 0.227 e. The second kappa shape index (κ2) is 5.50. The van der Waals surface area contributed by atoms with Gasteiger partial charge in [0.1, 0.15) is 0 Å². The summed E-state index contributed by atoms with van der Waals surface area (Å²) in [5.74, 6) is 0.201. The van der Waals surface area contributed by atoms with Crippen LogP contribution in [0.5, 0.6) is 0 Å². The number of pyridine rings is 1. The Morgan fingerprint density at radius 1 is 1.33 bits per heavy atom. The molecule has 3 rings (SSSR count). The van der Waals surface area contributed by atoms with Gasteiger partial charge in [0.2, 0.25) is 5.91 Å². The first-order valence-corrected chi connectivity index (χ1v) is 5.90. The van der Waals surface area contributed by atoms with Crippen molar-refractivity contribution in [3.63, 3.8) is 0 Å². The molecule has 0 saturated carbocycles. The smallest absolute Gasteiger partial charge is 0.227 e. The van der Waals surface area contributed by atoms with Crippen molar-refractivity contribution in [3.05, 3.63) is 41.2 Å². The maximum absolute atomic E-state index is 12.1. The van der Waals surface area contributed by atoms with Crippen LogP contribution in [-0.2, 0) is 11.2 Å². The SMILES string of the molecule is Cl.O=C(Cc1cccnc1)N1CC2=C(CNC2)C1. The molecule has 4 nitrogen and oxygen atoms in total. The van der Waals surface area contributed by atoms with Crippen LogP contribution >= 0.6 is 12.4 Å². The van der Waals surface area contributed by atoms with Crippen LogP contribution in [0.2, 0.25) is 0 Å². The summed E-state index contributed by atoms with van der Waals surface area (Å²) in [5.41, 5.74) is 3.80. The zero-order valence-electron chi connectivity index (χ0n) is 10.1. The lowest BCUT2D eigenvalue weighted by atomic mass is 10.2. The van der Waals surface area contributed by atoms with Crippen molar-refractivity contribution in [3.8, 4) is 0 Å². The third kappa shape index (κ3) is 2.54. The topological polar surface area (TPSA) is 45.2 Å². The van der Waals surface area contributed by atoms with Gasteiger partial charge in [-0.25, -0.2) is 0 Å². The maximum atomic E-state index is 12.1. The molecule has 0 spiro atoms. The fourth-order valence-electron chi connectivity index (χ4n) is 2.43. The van der Waals surface area contributed by atoms with Gasteiger partial charge in [0, 0.05) is 38.6 Å². The molecule has 1 aromatic rings. The molecule has 18 heavy (non-hydrogen) atoms. The third-order valence-corrected chi connectivity index (χ3v) is 3.37. The molecule has 0 radical (unpaired) electrons. The highest BCUT2D eigenvalue weighted by Gasteiger charge is 2.27. The van der Waals surface area contributed by atoms with E-state index in [1.165, 1.54) is 11.1 Å². The minimum atomic E-state index is 0. The molecule has 2 aliphatic heterocycles. The highest BCUT2D eigenvalue weighted by Crippen LogP contribution is 2.20. The second-order valence-corrected chi connectivity index (χ2v) is 4.60. The minimum absolute atomic E-state index is 0. The van der Waals surface area contributed by atoms with Crippen molar-refractivity contribution in [2.75, 3.05) is 26.2 Å². The summed E-state index contributed by atoms with van der Waals surface area (Å²) in [7, 11) is 0. The summed E-state index contributed by atoms with van der Waals surface area (Å²) < 4.78 is 0. The highest BCUT2D eigenvalue weighted by molar-refractivity contribution is 5.85. The third-order valence-electron chi connectivity index (χ3n) is 3.37. The van der Waals surface area contributed by atoms with E-state index in [1.807, 2.05) is 17.0 Å². The number of aromatic nitrogens is 1. The van der Waals surface area contributed by atoms with E-state index in [0.717, 1.165) is 31.7 Å². The first kappa shape index (κ1) is 13.1. The number of rotatable bonds is 2. The molecule has 5 heteroatoms. The highest BCUT2D eigenvalue weighted by atomic mass is 35.5. The van der Waals surface area contributed by atoms with Crippen molar-refractivity contribution in [2.24, 2.45) is 0 Å². The Morgan fingerprint density at radius 3 is 2.67 bits per heavy atom. The summed E-state index contributed by atoms with van der Waals surface area (Å²) in [4.78, 5) is 18.1. The van der Waals surface area contributed by atoms with Gasteiger partial charge in [0.15, 0.2) is 0 Å². The Hall–Kier alpha value is -1.39. The average molecular weight is 266 g/mol. The quantitative estimate of drug-likeness (QED) is 0.804. The molecule has 0 bridgehead atoms. The first-order chi connectivity index (χ1) is 8.33. The van der Waals surface area contributed by atoms with E-state index < -0.39 is 0 Å². The number of nitrogens with one attached hydrogen (secondary N) is 1. The molecule has 0 unspecified atom stereocenters. The normalized spacial score (nSPS) is 17.7. The van der Waals surface area contributed by atoms with Crippen LogP contribution in [0.3, 0.4) is 0 Å². The molecule has 0 atom stereocenters. The van der Waals surface area contributed by atoms with E-state index in [0.29, 0.717) is 6.42 Å². The van der Waals surface area contributed by atoms with Crippen LogP contribution in [0.4, 0.5) is 0 Å². The number of halogens is 1. The van der Waals surface area contributed by atoms with Crippen molar-refractivity contribution in [1.29, 1.82) is 0 Å². The van der Waals surface area contributed by atoms with Gasteiger partial charge in [0.05, 0.1) is 6.42 Å². The number of nitrogens with zero attached hydrogens (tertiary/aromatic N) is 2. The van der Waals surface area contributed by atoms with Crippen LogP contribution in [0.25, 0.3) is 0 Å². The van der Waals surface area contributed by atoms with Crippen LogP contribution in [0.15, 0.2) is 35.7 Å². The van der Waals surface area contributed by atoms with Crippen LogP contribution in [-0.4, -0.2) is 42.0 Å². The molecule has 2 aliphatic rings.